The van der Waals surface area contributed by atoms with Gasteiger partial charge in [-0.3, -0.25) is 14.6 Å². The van der Waals surface area contributed by atoms with Gasteiger partial charge < -0.3 is 4.74 Å². The molecule has 3 aromatic carbocycles. The average Bonchev–Trinajstić information content (AvgIpc) is 3.36. The van der Waals surface area contributed by atoms with Crippen LogP contribution in [0.1, 0.15) is 29.2 Å². The summed E-state index contributed by atoms with van der Waals surface area (Å²) in [6.07, 6.45) is 0.668. The maximum Gasteiger partial charge on any atom is 0.257 e. The first-order valence-electron chi connectivity index (χ1n) is 12.3. The minimum atomic E-state index is -0.173. The molecule has 2 heterocycles. The maximum absolute atomic E-state index is 13.6. The Bertz CT molecular complexity index is 1160. The van der Waals surface area contributed by atoms with Crippen LogP contribution in [0.4, 0.5) is 0 Å². The number of rotatable bonds is 7. The van der Waals surface area contributed by atoms with Crippen molar-refractivity contribution in [1.82, 2.24) is 14.8 Å². The third-order valence-corrected chi connectivity index (χ3v) is 6.84. The van der Waals surface area contributed by atoms with Crippen LogP contribution in [-0.4, -0.2) is 66.3 Å². The summed E-state index contributed by atoms with van der Waals surface area (Å²) in [6, 6.07) is 28.4. The van der Waals surface area contributed by atoms with Crippen molar-refractivity contribution < 1.29 is 9.53 Å². The van der Waals surface area contributed by atoms with Crippen molar-refractivity contribution in [2.45, 2.75) is 19.0 Å². The number of carbonyl (C=O) groups excluding carboxylic acids is 1. The van der Waals surface area contributed by atoms with Crippen molar-refractivity contribution in [3.8, 4) is 5.75 Å². The lowest BCUT2D eigenvalue weighted by Crippen LogP contribution is -2.49. The predicted molar refractivity (Wildman–Crippen MR) is 138 cm³/mol. The van der Waals surface area contributed by atoms with Gasteiger partial charge in [-0.15, -0.1) is 0 Å². The summed E-state index contributed by atoms with van der Waals surface area (Å²) < 4.78 is 5.63. The topological polar surface area (TPSA) is 48.4 Å². The molecule has 1 saturated heterocycles. The lowest BCUT2D eigenvalue weighted by molar-refractivity contribution is -0.134. The summed E-state index contributed by atoms with van der Waals surface area (Å²) in [4.78, 5) is 18.3. The van der Waals surface area contributed by atoms with Crippen molar-refractivity contribution >= 4 is 11.6 Å². The largest absolute Gasteiger partial charge is 0.496 e. The van der Waals surface area contributed by atoms with Crippen LogP contribution in [0.2, 0.25) is 0 Å². The number of hydrogen-bond acceptors (Lipinski definition) is 5. The molecule has 35 heavy (non-hydrogen) atoms. The highest BCUT2D eigenvalue weighted by Gasteiger charge is 2.35. The normalized spacial score (nSPS) is 18.9. The number of ether oxygens (including phenoxy) is 1. The minimum absolute atomic E-state index is 0.0309. The number of amides is 1. The molecular weight excluding hydrogens is 436 g/mol. The van der Waals surface area contributed by atoms with Gasteiger partial charge in [0, 0.05) is 44.7 Å². The molecule has 5 rings (SSSR count). The molecule has 6 nitrogen and oxygen atoms in total. The summed E-state index contributed by atoms with van der Waals surface area (Å²) in [7, 11) is 1.67. The highest BCUT2D eigenvalue weighted by atomic mass is 16.5. The number of carbonyl (C=O) groups is 1. The molecule has 0 N–H and O–H groups in total. The van der Waals surface area contributed by atoms with E-state index in [1.165, 1.54) is 5.56 Å². The van der Waals surface area contributed by atoms with Gasteiger partial charge in [0.2, 0.25) is 0 Å². The molecule has 1 fully saturated rings. The molecule has 0 saturated carbocycles. The highest BCUT2D eigenvalue weighted by molar-refractivity contribution is 6.03. The monoisotopic (exact) mass is 468 g/mol. The second kappa shape index (κ2) is 10.8. The third kappa shape index (κ3) is 5.45. The number of para-hydroxylation sites is 1. The molecular formula is C29H32N4O2. The maximum atomic E-state index is 13.6. The van der Waals surface area contributed by atoms with E-state index in [2.05, 4.69) is 52.3 Å². The summed E-state index contributed by atoms with van der Waals surface area (Å²) >= 11 is 0. The number of nitrogens with zero attached hydrogens (tertiary/aromatic N) is 4. The molecule has 1 atom stereocenters. The van der Waals surface area contributed by atoms with Gasteiger partial charge in [0.25, 0.3) is 5.91 Å². The molecule has 3 aromatic rings. The lowest BCUT2D eigenvalue weighted by atomic mass is 9.97. The minimum Gasteiger partial charge on any atom is -0.496 e. The Kier molecular flexibility index (Phi) is 7.21. The third-order valence-electron chi connectivity index (χ3n) is 6.84. The number of methoxy groups -OCH3 is 1. The lowest BCUT2D eigenvalue weighted by Gasteiger charge is -2.35. The molecule has 2 aliphatic heterocycles. The first-order chi connectivity index (χ1) is 17.2. The molecule has 0 radical (unpaired) electrons. The molecule has 0 spiro atoms. The van der Waals surface area contributed by atoms with E-state index < -0.39 is 0 Å². The van der Waals surface area contributed by atoms with Crippen LogP contribution >= 0.6 is 0 Å². The fraction of sp³-hybridized carbons (Fsp3) is 0.310. The van der Waals surface area contributed by atoms with Gasteiger partial charge in [-0.05, 0) is 17.2 Å². The quantitative estimate of drug-likeness (QED) is 0.522. The summed E-state index contributed by atoms with van der Waals surface area (Å²) in [6.45, 7) is 4.99. The van der Waals surface area contributed by atoms with Gasteiger partial charge in [0.15, 0.2) is 0 Å². The van der Waals surface area contributed by atoms with E-state index in [4.69, 9.17) is 9.84 Å². The van der Waals surface area contributed by atoms with Gasteiger partial charge in [0.1, 0.15) is 5.75 Å². The van der Waals surface area contributed by atoms with E-state index in [0.717, 1.165) is 55.3 Å². The van der Waals surface area contributed by atoms with Crippen LogP contribution in [0.25, 0.3) is 0 Å². The van der Waals surface area contributed by atoms with E-state index in [0.29, 0.717) is 13.0 Å². The van der Waals surface area contributed by atoms with E-state index in [9.17, 15) is 4.79 Å². The average molecular weight is 469 g/mol. The van der Waals surface area contributed by atoms with Gasteiger partial charge in [0.05, 0.1) is 25.4 Å². The molecule has 1 amide bonds. The molecule has 0 aromatic heterocycles. The second-order valence-corrected chi connectivity index (χ2v) is 9.15. The molecule has 180 valence electrons. The van der Waals surface area contributed by atoms with Crippen LogP contribution < -0.4 is 4.74 Å². The van der Waals surface area contributed by atoms with Gasteiger partial charge in [-0.1, -0.05) is 78.9 Å². The standard InChI is InChI=1S/C29H32N4O2/c1-35-28-15-9-8-14-25(28)27-20-26(24-12-6-3-7-13-24)30-33(27)29(34)22-32-18-16-31(17-19-32)21-23-10-4-2-5-11-23/h2-15,27H,16-22H2,1H3. The zero-order valence-corrected chi connectivity index (χ0v) is 20.2. The molecule has 2 aliphatic rings. The molecule has 6 heteroatoms. The van der Waals surface area contributed by atoms with Crippen LogP contribution in [0.15, 0.2) is 90.0 Å². The number of hydrazone groups is 1. The number of benzene rings is 3. The number of piperazine rings is 1. The van der Waals surface area contributed by atoms with Crippen molar-refractivity contribution in [2.75, 3.05) is 39.8 Å². The van der Waals surface area contributed by atoms with Crippen LogP contribution in [0.3, 0.4) is 0 Å². The van der Waals surface area contributed by atoms with Crippen molar-refractivity contribution in [1.29, 1.82) is 0 Å². The van der Waals surface area contributed by atoms with Gasteiger partial charge >= 0.3 is 0 Å². The Labute approximate surface area is 207 Å². The predicted octanol–water partition coefficient (Wildman–Crippen LogP) is 4.19. The van der Waals surface area contributed by atoms with Crippen LogP contribution in [0, 0.1) is 0 Å². The van der Waals surface area contributed by atoms with E-state index >= 15 is 0 Å². The van der Waals surface area contributed by atoms with E-state index in [1.54, 1.807) is 12.1 Å². The fourth-order valence-corrected chi connectivity index (χ4v) is 4.94. The zero-order chi connectivity index (χ0) is 24.0. The van der Waals surface area contributed by atoms with Crippen LogP contribution in [-0.2, 0) is 11.3 Å². The first-order valence-corrected chi connectivity index (χ1v) is 12.3. The Morgan fingerprint density at radius 1 is 0.857 bits per heavy atom. The summed E-state index contributed by atoms with van der Waals surface area (Å²) in [5, 5.41) is 6.53. The SMILES string of the molecule is COc1ccccc1C1CC(c2ccccc2)=NN1C(=O)CN1CCN(Cc2ccccc2)CC1. The molecule has 1 unspecified atom stereocenters. The molecule has 0 bridgehead atoms. The van der Waals surface area contributed by atoms with E-state index in [1.807, 2.05) is 42.5 Å². The Morgan fingerprint density at radius 3 is 2.20 bits per heavy atom. The highest BCUT2D eigenvalue weighted by Crippen LogP contribution is 2.37. The van der Waals surface area contributed by atoms with Gasteiger partial charge in [-0.25, -0.2) is 5.01 Å². The summed E-state index contributed by atoms with van der Waals surface area (Å²) in [5.41, 5.74) is 4.31. The second-order valence-electron chi connectivity index (χ2n) is 9.15. The van der Waals surface area contributed by atoms with E-state index in [-0.39, 0.29) is 11.9 Å². The van der Waals surface area contributed by atoms with Crippen molar-refractivity contribution in [2.24, 2.45) is 5.10 Å². The summed E-state index contributed by atoms with van der Waals surface area (Å²) in [5.74, 6) is 0.817. The fourth-order valence-electron chi connectivity index (χ4n) is 4.94. The first kappa shape index (κ1) is 23.3. The Balaban J connectivity index is 1.28. The van der Waals surface area contributed by atoms with Crippen molar-refractivity contribution in [3.05, 3.63) is 102 Å². The van der Waals surface area contributed by atoms with Gasteiger partial charge in [-0.2, -0.15) is 5.10 Å². The molecule has 0 aliphatic carbocycles. The Hall–Kier alpha value is -3.48. The zero-order valence-electron chi connectivity index (χ0n) is 20.2. The number of hydrogen-bond donors (Lipinski definition) is 0. The van der Waals surface area contributed by atoms with Crippen molar-refractivity contribution in [3.63, 3.8) is 0 Å². The Morgan fingerprint density at radius 2 is 1.49 bits per heavy atom. The smallest absolute Gasteiger partial charge is 0.257 e. The van der Waals surface area contributed by atoms with Crippen LogP contribution in [0.5, 0.6) is 5.75 Å².